The highest BCUT2D eigenvalue weighted by Gasteiger charge is 2.55. The zero-order valence-corrected chi connectivity index (χ0v) is 16.0. The minimum atomic E-state index is -0.100. The minimum Gasteiger partial charge on any atom is -0.505 e. The molecule has 6 heterocycles. The van der Waals surface area contributed by atoms with E-state index >= 15 is 0 Å². The highest BCUT2D eigenvalue weighted by Crippen LogP contribution is 2.48. The molecule has 0 aliphatic carbocycles. The predicted octanol–water partition coefficient (Wildman–Crippen LogP) is 2.22. The molecule has 1 aromatic heterocycles. The number of nitrogens with zero attached hydrogens (tertiary/aromatic N) is 3. The molecule has 1 amide bonds. The molecule has 7 rings (SSSR count). The lowest BCUT2D eigenvalue weighted by atomic mass is 9.75. The molecule has 5 aliphatic heterocycles. The average Bonchev–Trinajstić information content (AvgIpc) is 3.40. The van der Waals surface area contributed by atoms with Crippen LogP contribution < -0.4 is 9.47 Å². The number of hydrogen-bond donors (Lipinski definition) is 1. The SMILES string of the molecule is O=C(c1ccncc1O)N1C[C@H](c2ccc3c(c2)OCO3)[C@H]2[C@@H]1C1CCN2CC1. The van der Waals surface area contributed by atoms with Crippen molar-refractivity contribution in [1.82, 2.24) is 14.8 Å². The Labute approximate surface area is 168 Å². The van der Waals surface area contributed by atoms with Gasteiger partial charge < -0.3 is 19.5 Å². The zero-order valence-electron chi connectivity index (χ0n) is 16.0. The van der Waals surface area contributed by atoms with Crippen molar-refractivity contribution in [3.63, 3.8) is 0 Å². The standard InChI is InChI=1S/C22H23N3O4/c26-17-10-23-6-3-15(17)22(27)25-11-16(14-1-2-18-19(9-14)29-12-28-18)21-20(25)13-4-7-24(21)8-5-13/h1-3,6,9-10,13,16,20-21,26H,4-5,7-8,11-12H2/t16-,20+,21+/m1/s1. The van der Waals surface area contributed by atoms with Gasteiger partial charge >= 0.3 is 0 Å². The van der Waals surface area contributed by atoms with Crippen molar-refractivity contribution in [2.75, 3.05) is 26.4 Å². The molecular formula is C22H23N3O4. The summed E-state index contributed by atoms with van der Waals surface area (Å²) >= 11 is 0. The lowest BCUT2D eigenvalue weighted by Crippen LogP contribution is -2.60. The van der Waals surface area contributed by atoms with Crippen molar-refractivity contribution in [3.05, 3.63) is 47.8 Å². The Hall–Kier alpha value is -2.80. The number of amides is 1. The van der Waals surface area contributed by atoms with Gasteiger partial charge in [-0.1, -0.05) is 6.07 Å². The summed E-state index contributed by atoms with van der Waals surface area (Å²) in [6.45, 7) is 3.09. The maximum Gasteiger partial charge on any atom is 0.258 e. The summed E-state index contributed by atoms with van der Waals surface area (Å²) in [7, 11) is 0. The molecule has 0 saturated carbocycles. The molecule has 3 atom stereocenters. The van der Waals surface area contributed by atoms with Crippen LogP contribution in [0.1, 0.15) is 34.7 Å². The molecule has 150 valence electrons. The van der Waals surface area contributed by atoms with Crippen molar-refractivity contribution in [2.45, 2.75) is 30.8 Å². The van der Waals surface area contributed by atoms with Crippen LogP contribution in [-0.2, 0) is 0 Å². The fourth-order valence-corrected chi connectivity index (χ4v) is 5.81. The van der Waals surface area contributed by atoms with E-state index in [4.69, 9.17) is 9.47 Å². The summed E-state index contributed by atoms with van der Waals surface area (Å²) < 4.78 is 11.1. The average molecular weight is 393 g/mol. The second-order valence-corrected chi connectivity index (χ2v) is 8.42. The molecule has 0 spiro atoms. The second-order valence-electron chi connectivity index (χ2n) is 8.42. The van der Waals surface area contributed by atoms with E-state index < -0.39 is 0 Å². The van der Waals surface area contributed by atoms with E-state index in [0.29, 0.717) is 24.1 Å². The highest BCUT2D eigenvalue weighted by atomic mass is 16.7. The molecule has 2 aromatic rings. The number of hydrogen-bond acceptors (Lipinski definition) is 6. The summed E-state index contributed by atoms with van der Waals surface area (Å²) in [5, 5.41) is 10.2. The Morgan fingerprint density at radius 3 is 2.76 bits per heavy atom. The molecule has 0 radical (unpaired) electrons. The number of rotatable bonds is 2. The molecule has 0 unspecified atom stereocenters. The van der Waals surface area contributed by atoms with Crippen molar-refractivity contribution >= 4 is 5.91 Å². The first-order valence-corrected chi connectivity index (χ1v) is 10.3. The van der Waals surface area contributed by atoms with Crippen molar-refractivity contribution in [1.29, 1.82) is 0 Å². The summed E-state index contributed by atoms with van der Waals surface area (Å²) in [6.07, 6.45) is 5.15. The van der Waals surface area contributed by atoms with Gasteiger partial charge in [-0.2, -0.15) is 0 Å². The van der Waals surface area contributed by atoms with Gasteiger partial charge in [0.1, 0.15) is 5.75 Å². The predicted molar refractivity (Wildman–Crippen MR) is 104 cm³/mol. The van der Waals surface area contributed by atoms with Crippen LogP contribution in [0.3, 0.4) is 0 Å². The first-order valence-electron chi connectivity index (χ1n) is 10.3. The quantitative estimate of drug-likeness (QED) is 0.843. The topological polar surface area (TPSA) is 75.1 Å². The summed E-state index contributed by atoms with van der Waals surface area (Å²) in [5.74, 6) is 2.14. The van der Waals surface area contributed by atoms with Gasteiger partial charge in [-0.25, -0.2) is 0 Å². The molecule has 4 fully saturated rings. The molecule has 4 saturated heterocycles. The Balaban J connectivity index is 1.39. The van der Waals surface area contributed by atoms with Crippen LogP contribution in [-0.4, -0.2) is 64.3 Å². The summed E-state index contributed by atoms with van der Waals surface area (Å²) in [5.41, 5.74) is 1.52. The monoisotopic (exact) mass is 393 g/mol. The van der Waals surface area contributed by atoms with Crippen LogP contribution in [0, 0.1) is 5.92 Å². The van der Waals surface area contributed by atoms with Crippen LogP contribution in [0.4, 0.5) is 0 Å². The molecular weight excluding hydrogens is 370 g/mol. The minimum absolute atomic E-state index is 0.0538. The smallest absolute Gasteiger partial charge is 0.258 e. The number of carbonyl (C=O) groups is 1. The third-order valence-electron chi connectivity index (χ3n) is 7.11. The largest absolute Gasteiger partial charge is 0.505 e. The summed E-state index contributed by atoms with van der Waals surface area (Å²) in [6, 6.07) is 8.25. The summed E-state index contributed by atoms with van der Waals surface area (Å²) in [4.78, 5) is 21.9. The number of benzene rings is 1. The number of aromatic nitrogens is 1. The zero-order chi connectivity index (χ0) is 19.5. The van der Waals surface area contributed by atoms with Crippen LogP contribution in [0.5, 0.6) is 17.2 Å². The molecule has 5 aliphatic rings. The van der Waals surface area contributed by atoms with E-state index in [1.54, 1.807) is 12.3 Å². The van der Waals surface area contributed by atoms with Gasteiger partial charge in [0.2, 0.25) is 6.79 Å². The Morgan fingerprint density at radius 1 is 1.10 bits per heavy atom. The van der Waals surface area contributed by atoms with E-state index in [9.17, 15) is 9.90 Å². The third-order valence-corrected chi connectivity index (χ3v) is 7.11. The molecule has 29 heavy (non-hydrogen) atoms. The molecule has 7 nitrogen and oxygen atoms in total. The number of ether oxygens (including phenoxy) is 2. The van der Waals surface area contributed by atoms with E-state index in [-0.39, 0.29) is 30.4 Å². The highest BCUT2D eigenvalue weighted by molar-refractivity contribution is 5.97. The fraction of sp³-hybridized carbons (Fsp3) is 0.455. The van der Waals surface area contributed by atoms with Gasteiger partial charge in [0.05, 0.1) is 17.8 Å². The van der Waals surface area contributed by atoms with E-state index in [0.717, 1.165) is 37.4 Å². The number of piperidine rings is 3. The van der Waals surface area contributed by atoms with Crippen molar-refractivity contribution in [3.8, 4) is 17.2 Å². The van der Waals surface area contributed by atoms with Gasteiger partial charge in [-0.3, -0.25) is 14.7 Å². The van der Waals surface area contributed by atoms with Gasteiger partial charge in [-0.05, 0) is 55.6 Å². The van der Waals surface area contributed by atoms with Crippen LogP contribution in [0.15, 0.2) is 36.7 Å². The first kappa shape index (κ1) is 17.1. The second kappa shape index (κ2) is 6.35. The van der Waals surface area contributed by atoms with Gasteiger partial charge in [0.15, 0.2) is 11.5 Å². The number of fused-ring (bicyclic) bond motifs is 3. The number of carbonyl (C=O) groups excluding carboxylic acids is 1. The van der Waals surface area contributed by atoms with Crippen molar-refractivity contribution in [2.24, 2.45) is 5.92 Å². The molecule has 1 N–H and O–H groups in total. The molecule has 7 heteroatoms. The Kier molecular flexibility index (Phi) is 3.74. The fourth-order valence-electron chi connectivity index (χ4n) is 5.81. The normalized spacial score (nSPS) is 31.7. The van der Waals surface area contributed by atoms with Crippen LogP contribution in [0.25, 0.3) is 0 Å². The first-order chi connectivity index (χ1) is 14.2. The van der Waals surface area contributed by atoms with E-state index in [2.05, 4.69) is 22.0 Å². The Bertz CT molecular complexity index is 972. The maximum atomic E-state index is 13.4. The lowest BCUT2D eigenvalue weighted by molar-refractivity contribution is -0.00349. The maximum absolute atomic E-state index is 13.4. The molecule has 2 bridgehead atoms. The van der Waals surface area contributed by atoms with E-state index in [1.165, 1.54) is 11.8 Å². The van der Waals surface area contributed by atoms with E-state index in [1.807, 2.05) is 11.0 Å². The number of likely N-dealkylation sites (tertiary alicyclic amines) is 1. The van der Waals surface area contributed by atoms with Gasteiger partial charge in [0.25, 0.3) is 5.91 Å². The van der Waals surface area contributed by atoms with Gasteiger partial charge in [0, 0.05) is 24.7 Å². The van der Waals surface area contributed by atoms with Crippen molar-refractivity contribution < 1.29 is 19.4 Å². The number of aromatic hydroxyl groups is 1. The third kappa shape index (κ3) is 2.53. The van der Waals surface area contributed by atoms with Crippen LogP contribution >= 0.6 is 0 Å². The van der Waals surface area contributed by atoms with Gasteiger partial charge in [-0.15, -0.1) is 0 Å². The van der Waals surface area contributed by atoms with Crippen LogP contribution in [0.2, 0.25) is 0 Å². The number of pyridine rings is 1. The Morgan fingerprint density at radius 2 is 1.93 bits per heavy atom. The molecule has 1 aromatic carbocycles. The lowest BCUT2D eigenvalue weighted by Gasteiger charge is -2.51.